The second-order valence-electron chi connectivity index (χ2n) is 7.33. The molecule has 0 aliphatic carbocycles. The van der Waals surface area contributed by atoms with Gasteiger partial charge in [0.05, 0.1) is 0 Å². The lowest BCUT2D eigenvalue weighted by Crippen LogP contribution is -2.29. The number of anilines is 1. The molecule has 1 aliphatic rings. The molecular weight excluding hydrogens is 401 g/mol. The van der Waals surface area contributed by atoms with Crippen LogP contribution in [0.5, 0.6) is 11.5 Å². The number of halogens is 1. The lowest BCUT2D eigenvalue weighted by molar-refractivity contribution is 0.190. The Morgan fingerprint density at radius 3 is 2.40 bits per heavy atom. The summed E-state index contributed by atoms with van der Waals surface area (Å²) in [5, 5.41) is 20.6. The number of thiocarbonyl (C=S) groups is 1. The van der Waals surface area contributed by atoms with Crippen LogP contribution < -0.4 is 4.90 Å². The highest BCUT2D eigenvalue weighted by Gasteiger charge is 2.42. The minimum Gasteiger partial charge on any atom is -0.508 e. The number of phenolic OH excluding ortho intramolecular Hbond substituents is 2. The van der Waals surface area contributed by atoms with Crippen LogP contribution in [0.2, 0.25) is 0 Å². The fraction of sp³-hybridized carbons (Fsp3) is 0.208. The fourth-order valence-electron chi connectivity index (χ4n) is 3.88. The van der Waals surface area contributed by atoms with Crippen LogP contribution in [-0.4, -0.2) is 21.5 Å². The molecule has 1 saturated heterocycles. The second-order valence-corrected chi connectivity index (χ2v) is 7.68. The highest BCUT2D eigenvalue weighted by Crippen LogP contribution is 2.43. The minimum absolute atomic E-state index is 0.00207. The Hall–Kier alpha value is -3.12. The van der Waals surface area contributed by atoms with E-state index in [1.165, 1.54) is 18.2 Å². The van der Waals surface area contributed by atoms with Gasteiger partial charge in [-0.2, -0.15) is 0 Å². The van der Waals surface area contributed by atoms with Crippen LogP contribution in [-0.2, 0) is 11.2 Å². The normalized spacial score (nSPS) is 18.4. The van der Waals surface area contributed by atoms with E-state index in [-0.39, 0.29) is 29.5 Å². The summed E-state index contributed by atoms with van der Waals surface area (Å²) >= 11 is 5.53. The smallest absolute Gasteiger partial charge is 0.264 e. The molecule has 3 aromatic carbocycles. The van der Waals surface area contributed by atoms with Gasteiger partial charge in [0.15, 0.2) is 0 Å². The molecule has 0 amide bonds. The van der Waals surface area contributed by atoms with Crippen LogP contribution in [0.25, 0.3) is 0 Å². The predicted molar refractivity (Wildman–Crippen MR) is 118 cm³/mol. The number of para-hydroxylation sites is 1. The Kier molecular flexibility index (Phi) is 5.86. The van der Waals surface area contributed by atoms with Crippen LogP contribution in [0, 0.1) is 5.82 Å². The van der Waals surface area contributed by atoms with Crippen molar-refractivity contribution >= 4 is 23.1 Å². The monoisotopic (exact) mass is 423 g/mol. The minimum atomic E-state index is -0.325. The average molecular weight is 424 g/mol. The molecule has 0 radical (unpaired) electrons. The van der Waals surface area contributed by atoms with E-state index in [0.717, 1.165) is 24.1 Å². The molecule has 4 nitrogen and oxygen atoms in total. The molecule has 30 heavy (non-hydrogen) atoms. The Morgan fingerprint density at radius 2 is 1.70 bits per heavy atom. The molecule has 2 atom stereocenters. The van der Waals surface area contributed by atoms with Crippen molar-refractivity contribution in [1.29, 1.82) is 0 Å². The van der Waals surface area contributed by atoms with E-state index in [2.05, 4.69) is 0 Å². The van der Waals surface area contributed by atoms with Gasteiger partial charge in [-0.1, -0.05) is 30.3 Å². The largest absolute Gasteiger partial charge is 0.508 e. The summed E-state index contributed by atoms with van der Waals surface area (Å²) in [5.41, 5.74) is 2.57. The molecule has 0 spiro atoms. The zero-order chi connectivity index (χ0) is 21.1. The average Bonchev–Trinajstić information content (AvgIpc) is 3.06. The number of aromatic hydroxyl groups is 2. The standard InChI is InChI=1S/C24H22FNO3S/c25-17-11-9-16(10-12-17)5-4-8-22-23(20-14-13-19(27)15-21(20)28)26(24(30)29-22)18-6-2-1-3-7-18/h1-3,6-7,9-15,22-23,27-28H,4-5,8H2. The number of aryl methyl sites for hydroxylation is 1. The van der Waals surface area contributed by atoms with Crippen molar-refractivity contribution in [3.05, 3.63) is 89.7 Å². The summed E-state index contributed by atoms with van der Waals surface area (Å²) < 4.78 is 19.2. The van der Waals surface area contributed by atoms with Crippen molar-refractivity contribution in [3.63, 3.8) is 0 Å². The third-order valence-electron chi connectivity index (χ3n) is 5.31. The van der Waals surface area contributed by atoms with Gasteiger partial charge in [0.2, 0.25) is 0 Å². The maximum absolute atomic E-state index is 13.1. The van der Waals surface area contributed by atoms with Crippen molar-refractivity contribution in [1.82, 2.24) is 0 Å². The van der Waals surface area contributed by atoms with Crippen molar-refractivity contribution < 1.29 is 19.3 Å². The topological polar surface area (TPSA) is 52.9 Å². The van der Waals surface area contributed by atoms with Crippen molar-refractivity contribution in [2.24, 2.45) is 0 Å². The van der Waals surface area contributed by atoms with Gasteiger partial charge in [0.1, 0.15) is 29.5 Å². The Labute approximate surface area is 180 Å². The number of hydrogen-bond donors (Lipinski definition) is 2. The Bertz CT molecular complexity index is 1030. The first-order valence-electron chi connectivity index (χ1n) is 9.84. The van der Waals surface area contributed by atoms with Crippen molar-refractivity contribution in [2.45, 2.75) is 31.4 Å². The SMILES string of the molecule is Oc1ccc(C2C(CCCc3ccc(F)cc3)OC(=S)N2c2ccccc2)c(O)c1. The number of hydrogen-bond acceptors (Lipinski definition) is 4. The first kappa shape index (κ1) is 20.2. The van der Waals surface area contributed by atoms with Gasteiger partial charge >= 0.3 is 0 Å². The van der Waals surface area contributed by atoms with E-state index in [0.29, 0.717) is 17.2 Å². The molecule has 154 valence electrons. The summed E-state index contributed by atoms with van der Waals surface area (Å²) in [4.78, 5) is 1.91. The van der Waals surface area contributed by atoms with E-state index in [4.69, 9.17) is 17.0 Å². The summed E-state index contributed by atoms with van der Waals surface area (Å²) in [5.74, 6) is -0.251. The van der Waals surface area contributed by atoms with Crippen molar-refractivity contribution in [3.8, 4) is 11.5 Å². The zero-order valence-electron chi connectivity index (χ0n) is 16.2. The number of nitrogens with zero attached hydrogens (tertiary/aromatic N) is 1. The molecular formula is C24H22FNO3S. The van der Waals surface area contributed by atoms with E-state index in [1.807, 2.05) is 35.2 Å². The lowest BCUT2D eigenvalue weighted by Gasteiger charge is -2.27. The maximum Gasteiger partial charge on any atom is 0.264 e. The Morgan fingerprint density at radius 1 is 0.967 bits per heavy atom. The van der Waals surface area contributed by atoms with Gasteiger partial charge < -0.3 is 14.9 Å². The van der Waals surface area contributed by atoms with Gasteiger partial charge in [0, 0.05) is 17.3 Å². The van der Waals surface area contributed by atoms with Gasteiger partial charge in [-0.05, 0) is 73.4 Å². The lowest BCUT2D eigenvalue weighted by atomic mass is 9.94. The molecule has 0 aromatic heterocycles. The van der Waals surface area contributed by atoms with Gasteiger partial charge in [-0.25, -0.2) is 4.39 Å². The molecule has 0 saturated carbocycles. The number of rotatable bonds is 6. The predicted octanol–water partition coefficient (Wildman–Crippen LogP) is 5.49. The van der Waals surface area contributed by atoms with E-state index >= 15 is 0 Å². The number of benzene rings is 3. The number of ether oxygens (including phenoxy) is 1. The fourth-order valence-corrected chi connectivity index (χ4v) is 4.22. The first-order valence-corrected chi connectivity index (χ1v) is 10.2. The molecule has 1 fully saturated rings. The molecule has 4 rings (SSSR count). The molecule has 2 N–H and O–H groups in total. The van der Waals surface area contributed by atoms with Crippen LogP contribution in [0.1, 0.15) is 30.0 Å². The van der Waals surface area contributed by atoms with E-state index in [9.17, 15) is 14.6 Å². The third kappa shape index (κ3) is 4.24. The molecule has 3 aromatic rings. The van der Waals surface area contributed by atoms with E-state index in [1.54, 1.807) is 24.3 Å². The quantitative estimate of drug-likeness (QED) is 0.514. The molecule has 2 unspecified atom stereocenters. The van der Waals surface area contributed by atoms with Gasteiger partial charge in [-0.15, -0.1) is 0 Å². The highest BCUT2D eigenvalue weighted by atomic mass is 32.1. The molecule has 6 heteroatoms. The third-order valence-corrected chi connectivity index (χ3v) is 5.61. The van der Waals surface area contributed by atoms with Crippen LogP contribution >= 0.6 is 12.2 Å². The first-order chi connectivity index (χ1) is 14.5. The van der Waals surface area contributed by atoms with Crippen molar-refractivity contribution in [2.75, 3.05) is 4.90 Å². The van der Waals surface area contributed by atoms with Crippen LogP contribution in [0.15, 0.2) is 72.8 Å². The van der Waals surface area contributed by atoms with E-state index < -0.39 is 0 Å². The van der Waals surface area contributed by atoms with Crippen LogP contribution in [0.4, 0.5) is 10.1 Å². The second kappa shape index (κ2) is 8.71. The summed E-state index contributed by atoms with van der Waals surface area (Å²) in [7, 11) is 0. The van der Waals surface area contributed by atoms with Gasteiger partial charge in [0.25, 0.3) is 5.17 Å². The van der Waals surface area contributed by atoms with Crippen LogP contribution in [0.3, 0.4) is 0 Å². The molecule has 1 heterocycles. The molecule has 1 aliphatic heterocycles. The highest BCUT2D eigenvalue weighted by molar-refractivity contribution is 7.80. The van der Waals surface area contributed by atoms with Gasteiger partial charge in [-0.3, -0.25) is 4.90 Å². The summed E-state index contributed by atoms with van der Waals surface area (Å²) in [6, 6.07) is 20.4. The summed E-state index contributed by atoms with van der Waals surface area (Å²) in [6.45, 7) is 0. The Balaban J connectivity index is 1.59. The molecule has 0 bridgehead atoms. The zero-order valence-corrected chi connectivity index (χ0v) is 17.1. The number of phenols is 2. The maximum atomic E-state index is 13.1. The summed E-state index contributed by atoms with van der Waals surface area (Å²) in [6.07, 6.45) is 2.03.